The van der Waals surface area contributed by atoms with Gasteiger partial charge in [-0.05, 0) is 22.6 Å². The molecule has 1 aliphatic rings. The van der Waals surface area contributed by atoms with Gasteiger partial charge in [-0.15, -0.1) is 5.10 Å². The largest absolute Gasteiger partial charge is 0.441 e. The normalized spacial score (nSPS) is 14.2. The number of hydrogen-bond donors (Lipinski definition) is 0. The van der Waals surface area contributed by atoms with Crippen molar-refractivity contribution in [2.75, 3.05) is 26.2 Å². The zero-order valence-corrected chi connectivity index (χ0v) is 16.9. The van der Waals surface area contributed by atoms with E-state index >= 15 is 0 Å². The van der Waals surface area contributed by atoms with Gasteiger partial charge in [-0.3, -0.25) is 9.59 Å². The molecule has 30 heavy (non-hydrogen) atoms. The van der Waals surface area contributed by atoms with E-state index in [4.69, 9.17) is 16.0 Å². The van der Waals surface area contributed by atoms with E-state index in [1.165, 1.54) is 11.0 Å². The minimum absolute atomic E-state index is 0.0140. The second-order valence-corrected chi connectivity index (χ2v) is 7.27. The van der Waals surface area contributed by atoms with Crippen LogP contribution in [0.25, 0.3) is 11.3 Å². The third-order valence-electron chi connectivity index (χ3n) is 4.92. The summed E-state index contributed by atoms with van der Waals surface area (Å²) >= 11 is 6.18. The molecule has 0 saturated carbocycles. The smallest absolute Gasteiger partial charge is 0.244 e. The summed E-state index contributed by atoms with van der Waals surface area (Å²) in [5.74, 6) is 1.02. The number of benzene rings is 1. The van der Waals surface area contributed by atoms with Gasteiger partial charge in [0.25, 0.3) is 0 Å². The quantitative estimate of drug-likeness (QED) is 0.580. The number of oxazole rings is 1. The van der Waals surface area contributed by atoms with Crippen LogP contribution in [0.5, 0.6) is 0 Å². The monoisotopic (exact) mass is 429 g/mol. The molecule has 0 radical (unpaired) electrons. The molecule has 0 aliphatic carbocycles. The molecule has 156 valence electrons. The van der Waals surface area contributed by atoms with Crippen molar-refractivity contribution in [3.63, 3.8) is 0 Å². The molecule has 1 aliphatic heterocycles. The van der Waals surface area contributed by atoms with Gasteiger partial charge in [0, 0.05) is 44.6 Å². The van der Waals surface area contributed by atoms with Crippen molar-refractivity contribution in [1.82, 2.24) is 35.0 Å². The third-order valence-corrected chi connectivity index (χ3v) is 5.25. The predicted octanol–water partition coefficient (Wildman–Crippen LogP) is 1.29. The van der Waals surface area contributed by atoms with Crippen molar-refractivity contribution < 1.29 is 14.0 Å². The molecule has 10 nitrogen and oxygen atoms in total. The van der Waals surface area contributed by atoms with Gasteiger partial charge in [-0.25, -0.2) is 9.67 Å². The van der Waals surface area contributed by atoms with Crippen LogP contribution in [0.2, 0.25) is 5.02 Å². The summed E-state index contributed by atoms with van der Waals surface area (Å²) in [5, 5.41) is 11.3. The predicted molar refractivity (Wildman–Crippen MR) is 106 cm³/mol. The summed E-state index contributed by atoms with van der Waals surface area (Å²) < 4.78 is 7.13. The lowest BCUT2D eigenvalue weighted by Gasteiger charge is -2.34. The maximum absolute atomic E-state index is 12.5. The van der Waals surface area contributed by atoms with Crippen LogP contribution in [0, 0.1) is 0 Å². The standard InChI is InChI=1S/C19H20ClN7O3/c20-15-4-2-1-3-14(15)16-11-21-17(30-16)5-6-18(28)25-7-9-26(10-8-25)19(29)12-27-13-22-23-24-27/h1-4,11,13H,5-10,12H2. The minimum Gasteiger partial charge on any atom is -0.441 e. The van der Waals surface area contributed by atoms with E-state index in [9.17, 15) is 9.59 Å². The molecule has 1 fully saturated rings. The highest BCUT2D eigenvalue weighted by Crippen LogP contribution is 2.28. The Hall–Kier alpha value is -3.27. The van der Waals surface area contributed by atoms with E-state index in [-0.39, 0.29) is 18.4 Å². The number of rotatable bonds is 6. The fourth-order valence-corrected chi connectivity index (χ4v) is 3.51. The summed E-state index contributed by atoms with van der Waals surface area (Å²) in [5.41, 5.74) is 0.770. The topological polar surface area (TPSA) is 110 Å². The molecule has 3 aromatic rings. The van der Waals surface area contributed by atoms with Crippen molar-refractivity contribution >= 4 is 23.4 Å². The molecule has 0 spiro atoms. The van der Waals surface area contributed by atoms with Gasteiger partial charge in [0.15, 0.2) is 11.7 Å². The third kappa shape index (κ3) is 4.65. The molecular weight excluding hydrogens is 410 g/mol. The molecule has 0 N–H and O–H groups in total. The van der Waals surface area contributed by atoms with Crippen LogP contribution in [-0.2, 0) is 22.6 Å². The first-order valence-electron chi connectivity index (χ1n) is 9.56. The summed E-state index contributed by atoms with van der Waals surface area (Å²) in [4.78, 5) is 32.5. The van der Waals surface area contributed by atoms with Gasteiger partial charge in [-0.2, -0.15) is 0 Å². The average molecular weight is 430 g/mol. The maximum Gasteiger partial charge on any atom is 0.244 e. The Morgan fingerprint density at radius 2 is 1.80 bits per heavy atom. The molecule has 1 aromatic carbocycles. The summed E-state index contributed by atoms with van der Waals surface area (Å²) in [6.07, 6.45) is 3.72. The Morgan fingerprint density at radius 1 is 1.07 bits per heavy atom. The van der Waals surface area contributed by atoms with E-state index < -0.39 is 0 Å². The van der Waals surface area contributed by atoms with Gasteiger partial charge in [-0.1, -0.05) is 23.7 Å². The molecular formula is C19H20ClN7O3. The van der Waals surface area contributed by atoms with E-state index in [0.717, 1.165) is 5.56 Å². The van der Waals surface area contributed by atoms with Gasteiger partial charge in [0.1, 0.15) is 12.9 Å². The lowest BCUT2D eigenvalue weighted by atomic mass is 10.2. The van der Waals surface area contributed by atoms with Crippen LogP contribution in [0.4, 0.5) is 0 Å². The fourth-order valence-electron chi connectivity index (χ4n) is 3.28. The lowest BCUT2D eigenvalue weighted by molar-refractivity contribution is -0.140. The summed E-state index contributed by atoms with van der Waals surface area (Å²) in [6.45, 7) is 2.07. The lowest BCUT2D eigenvalue weighted by Crippen LogP contribution is -2.51. The molecule has 1 saturated heterocycles. The highest BCUT2D eigenvalue weighted by molar-refractivity contribution is 6.33. The number of piperazine rings is 1. The zero-order chi connectivity index (χ0) is 20.9. The first-order valence-corrected chi connectivity index (χ1v) is 9.94. The Morgan fingerprint density at radius 3 is 2.50 bits per heavy atom. The highest BCUT2D eigenvalue weighted by atomic mass is 35.5. The molecule has 0 bridgehead atoms. The number of aromatic nitrogens is 5. The van der Waals surface area contributed by atoms with Crippen LogP contribution in [0.15, 0.2) is 41.2 Å². The Bertz CT molecular complexity index is 1010. The van der Waals surface area contributed by atoms with Crippen LogP contribution >= 0.6 is 11.6 Å². The van der Waals surface area contributed by atoms with Gasteiger partial charge >= 0.3 is 0 Å². The van der Waals surface area contributed by atoms with Crippen LogP contribution in [0.1, 0.15) is 12.3 Å². The molecule has 0 atom stereocenters. The molecule has 0 unspecified atom stereocenters. The summed E-state index contributed by atoms with van der Waals surface area (Å²) in [7, 11) is 0. The number of carbonyl (C=O) groups excluding carboxylic acids is 2. The van der Waals surface area contributed by atoms with Crippen molar-refractivity contribution in [2.45, 2.75) is 19.4 Å². The number of nitrogens with zero attached hydrogens (tertiary/aromatic N) is 7. The first kappa shape index (κ1) is 20.0. The zero-order valence-electron chi connectivity index (χ0n) is 16.1. The number of aryl methyl sites for hydroxylation is 1. The maximum atomic E-state index is 12.5. The number of tetrazole rings is 1. The molecule has 2 amide bonds. The van der Waals surface area contributed by atoms with Crippen LogP contribution in [0.3, 0.4) is 0 Å². The molecule has 4 rings (SSSR count). The molecule has 2 aromatic heterocycles. The van der Waals surface area contributed by atoms with E-state index in [1.807, 2.05) is 18.2 Å². The molecule has 11 heteroatoms. The Balaban J connectivity index is 1.25. The Kier molecular flexibility index (Phi) is 6.03. The number of amides is 2. The highest BCUT2D eigenvalue weighted by Gasteiger charge is 2.24. The second-order valence-electron chi connectivity index (χ2n) is 6.87. The summed E-state index contributed by atoms with van der Waals surface area (Å²) in [6, 6.07) is 7.37. The number of carbonyl (C=O) groups is 2. The fraction of sp³-hybridized carbons (Fsp3) is 0.368. The minimum atomic E-state index is -0.0683. The molecule has 3 heterocycles. The second kappa shape index (κ2) is 9.04. The SMILES string of the molecule is O=C(CCc1ncc(-c2ccccc2Cl)o1)N1CCN(C(=O)Cn2cnnn2)CC1. The number of halogens is 1. The van der Waals surface area contributed by atoms with Crippen LogP contribution < -0.4 is 0 Å². The van der Waals surface area contributed by atoms with Gasteiger partial charge in [0.05, 0.1) is 11.2 Å². The van der Waals surface area contributed by atoms with E-state index in [0.29, 0.717) is 55.7 Å². The van der Waals surface area contributed by atoms with E-state index in [2.05, 4.69) is 20.5 Å². The van der Waals surface area contributed by atoms with Crippen molar-refractivity contribution in [3.8, 4) is 11.3 Å². The average Bonchev–Trinajstić information content (AvgIpc) is 3.44. The van der Waals surface area contributed by atoms with Gasteiger partial charge < -0.3 is 14.2 Å². The van der Waals surface area contributed by atoms with Crippen LogP contribution in [-0.4, -0.2) is 73.0 Å². The van der Waals surface area contributed by atoms with Crippen molar-refractivity contribution in [1.29, 1.82) is 0 Å². The first-order chi connectivity index (χ1) is 14.6. The number of hydrogen-bond acceptors (Lipinski definition) is 7. The Labute approximate surface area is 177 Å². The van der Waals surface area contributed by atoms with Crippen molar-refractivity contribution in [2.24, 2.45) is 0 Å². The van der Waals surface area contributed by atoms with E-state index in [1.54, 1.807) is 22.1 Å². The van der Waals surface area contributed by atoms with Gasteiger partial charge in [0.2, 0.25) is 11.8 Å². The van der Waals surface area contributed by atoms with Crippen molar-refractivity contribution in [3.05, 3.63) is 47.7 Å².